The quantitative estimate of drug-likeness (QED) is 0.176. The van der Waals surface area contributed by atoms with Crippen molar-refractivity contribution in [2.45, 2.75) is 69.6 Å². The van der Waals surface area contributed by atoms with Gasteiger partial charge in [-0.2, -0.15) is 0 Å². The fourth-order valence-electron chi connectivity index (χ4n) is 14.8. The van der Waals surface area contributed by atoms with E-state index in [0.29, 0.717) is 0 Å². The number of benzene rings is 10. The van der Waals surface area contributed by atoms with E-state index in [1.165, 1.54) is 61.2 Å². The average molecular weight is 1030 g/mol. The van der Waals surface area contributed by atoms with Crippen molar-refractivity contribution in [3.05, 3.63) is 286 Å². The van der Waals surface area contributed by atoms with Crippen LogP contribution in [0.2, 0.25) is 0 Å². The van der Waals surface area contributed by atoms with Crippen molar-refractivity contribution >= 4 is 44.6 Å². The Morgan fingerprint density at radius 2 is 1.00 bits per heavy atom. The zero-order chi connectivity index (χ0) is 53.9. The second kappa shape index (κ2) is 16.7. The molecule has 386 valence electrons. The molecule has 3 heterocycles. The molecule has 2 spiro atoms. The molecule has 4 heteroatoms. The number of hydrogen-bond donors (Lipinski definition) is 0. The minimum atomic E-state index is -0.730. The van der Waals surface area contributed by atoms with Gasteiger partial charge in [-0.25, -0.2) is 0 Å². The van der Waals surface area contributed by atoms with Crippen LogP contribution >= 0.6 is 0 Å². The maximum absolute atomic E-state index is 7.12. The SMILES string of the molecule is CC(C)(C)c1ccc2c(c1)C1(c3cc(C(C)(C)C)ccc3O2)c2ccccc2-c2c(N(c3ccc4c(c3)C3(c5ccccc5Oc5ccccc53)C3CC=CC=C43)c3ccccc3-c3cccc4oc5ccccc5c34)cccc21. The van der Waals surface area contributed by atoms with Gasteiger partial charge in [-0.3, -0.25) is 0 Å². The predicted molar refractivity (Wildman–Crippen MR) is 327 cm³/mol. The van der Waals surface area contributed by atoms with Gasteiger partial charge >= 0.3 is 0 Å². The molecule has 1 aromatic heterocycles. The Balaban J connectivity index is 1.03. The highest BCUT2D eigenvalue weighted by molar-refractivity contribution is 6.14. The van der Waals surface area contributed by atoms with Gasteiger partial charge in [0.2, 0.25) is 0 Å². The van der Waals surface area contributed by atoms with Crippen molar-refractivity contribution in [1.29, 1.82) is 0 Å². The summed E-state index contributed by atoms with van der Waals surface area (Å²) < 4.78 is 20.6. The first-order chi connectivity index (χ1) is 38.9. The van der Waals surface area contributed by atoms with E-state index >= 15 is 0 Å². The van der Waals surface area contributed by atoms with Gasteiger partial charge in [-0.15, -0.1) is 0 Å². The van der Waals surface area contributed by atoms with Crippen LogP contribution in [-0.2, 0) is 21.7 Å². The topological polar surface area (TPSA) is 34.8 Å². The lowest BCUT2D eigenvalue weighted by Crippen LogP contribution is -2.37. The molecular formula is C76H59NO3. The Morgan fingerprint density at radius 1 is 0.438 bits per heavy atom. The minimum Gasteiger partial charge on any atom is -0.457 e. The van der Waals surface area contributed by atoms with Gasteiger partial charge in [0, 0.05) is 55.8 Å². The molecule has 0 amide bonds. The van der Waals surface area contributed by atoms with Crippen LogP contribution in [0, 0.1) is 5.92 Å². The van der Waals surface area contributed by atoms with Crippen molar-refractivity contribution in [2.75, 3.05) is 4.90 Å². The van der Waals surface area contributed by atoms with Crippen molar-refractivity contribution < 1.29 is 13.9 Å². The number of nitrogens with zero attached hydrogens (tertiary/aromatic N) is 1. The third kappa shape index (κ3) is 6.33. The van der Waals surface area contributed by atoms with Gasteiger partial charge in [0.05, 0.1) is 22.2 Å². The molecule has 0 radical (unpaired) electrons. The van der Waals surface area contributed by atoms with Crippen molar-refractivity contribution in [2.24, 2.45) is 5.92 Å². The molecule has 80 heavy (non-hydrogen) atoms. The Kier molecular flexibility index (Phi) is 9.80. The highest BCUT2D eigenvalue weighted by Gasteiger charge is 2.57. The minimum absolute atomic E-state index is 0.115. The van der Waals surface area contributed by atoms with E-state index in [4.69, 9.17) is 13.9 Å². The fraction of sp³-hybridized carbons (Fsp3) is 0.158. The van der Waals surface area contributed by atoms with Crippen LogP contribution in [0.3, 0.4) is 0 Å². The summed E-state index contributed by atoms with van der Waals surface area (Å²) in [5.74, 6) is 3.73. The van der Waals surface area contributed by atoms with E-state index in [0.717, 1.165) is 90.7 Å². The third-order valence-corrected chi connectivity index (χ3v) is 18.4. The number of fused-ring (bicyclic) bond motifs is 21. The van der Waals surface area contributed by atoms with Gasteiger partial charge in [0.1, 0.15) is 34.2 Å². The van der Waals surface area contributed by atoms with Gasteiger partial charge in [0.15, 0.2) is 0 Å². The lowest BCUT2D eigenvalue weighted by molar-refractivity contribution is 0.383. The second-order valence-corrected chi connectivity index (χ2v) is 24.6. The van der Waals surface area contributed by atoms with Crippen molar-refractivity contribution in [3.63, 3.8) is 0 Å². The van der Waals surface area contributed by atoms with E-state index in [9.17, 15) is 0 Å². The highest BCUT2D eigenvalue weighted by atomic mass is 16.5. The molecule has 4 nitrogen and oxygen atoms in total. The van der Waals surface area contributed by atoms with E-state index in [1.807, 2.05) is 0 Å². The molecular weight excluding hydrogens is 975 g/mol. The number of rotatable bonds is 4. The van der Waals surface area contributed by atoms with E-state index in [1.54, 1.807) is 0 Å². The zero-order valence-electron chi connectivity index (χ0n) is 45.9. The van der Waals surface area contributed by atoms with Crippen LogP contribution in [0.15, 0.2) is 235 Å². The number of allylic oxidation sites excluding steroid dienone is 4. The number of ether oxygens (including phenoxy) is 2. The van der Waals surface area contributed by atoms with Gasteiger partial charge in [0.25, 0.3) is 0 Å². The van der Waals surface area contributed by atoms with Crippen molar-refractivity contribution in [3.8, 4) is 45.3 Å². The van der Waals surface area contributed by atoms with Gasteiger partial charge in [-0.1, -0.05) is 199 Å². The fourth-order valence-corrected chi connectivity index (χ4v) is 14.8. The Labute approximate surface area is 467 Å². The van der Waals surface area contributed by atoms with Crippen LogP contribution in [0.5, 0.6) is 23.0 Å². The molecule has 11 aromatic rings. The molecule has 0 saturated carbocycles. The number of para-hydroxylation sites is 4. The zero-order valence-corrected chi connectivity index (χ0v) is 45.9. The van der Waals surface area contributed by atoms with E-state index in [2.05, 4.69) is 277 Å². The van der Waals surface area contributed by atoms with E-state index in [-0.39, 0.29) is 16.7 Å². The third-order valence-electron chi connectivity index (χ3n) is 18.4. The summed E-state index contributed by atoms with van der Waals surface area (Å²) in [6, 6.07) is 79.0. The van der Waals surface area contributed by atoms with Crippen molar-refractivity contribution in [1.82, 2.24) is 0 Å². The molecule has 3 aliphatic carbocycles. The summed E-state index contributed by atoms with van der Waals surface area (Å²) in [6.07, 6.45) is 7.88. The van der Waals surface area contributed by atoms with Crippen LogP contribution in [0.4, 0.5) is 17.1 Å². The second-order valence-electron chi connectivity index (χ2n) is 24.6. The highest BCUT2D eigenvalue weighted by Crippen LogP contribution is 2.68. The van der Waals surface area contributed by atoms with Crippen LogP contribution in [-0.4, -0.2) is 0 Å². The Hall–Kier alpha value is -9.12. The summed E-state index contributed by atoms with van der Waals surface area (Å²) in [6.45, 7) is 13.9. The first-order valence-electron chi connectivity index (χ1n) is 28.3. The molecule has 0 N–H and O–H groups in total. The van der Waals surface area contributed by atoms with Crippen LogP contribution < -0.4 is 14.4 Å². The standard InChI is InChI=1S/C76H59NO3/c1-73(2,3)46-37-41-68-61(43-46)76(62-44-47(74(4,5)6)38-42-69(62)80-68)56-27-12-8-23-53(56)72-59(76)30-20-32-64(72)77(63-31-15-9-22-51(63)52-25-19-36-70-71(52)54-24-10-16-33-65(54)78-70)48-39-40-50-49-21-7-11-26-55(49)75(60(50)45-48)57-28-13-17-34-66(57)79-67-35-18-14-29-58(67)75/h7-25,27-45,55H,26H2,1-6H3. The summed E-state index contributed by atoms with van der Waals surface area (Å²) in [7, 11) is 0. The molecule has 0 fully saturated rings. The maximum atomic E-state index is 7.12. The van der Waals surface area contributed by atoms with E-state index < -0.39 is 10.8 Å². The summed E-state index contributed by atoms with van der Waals surface area (Å²) >= 11 is 0. The molecule has 1 unspecified atom stereocenters. The van der Waals surface area contributed by atoms with Gasteiger partial charge < -0.3 is 18.8 Å². The summed E-state index contributed by atoms with van der Waals surface area (Å²) in [5.41, 5.74) is 21.7. The monoisotopic (exact) mass is 1030 g/mol. The predicted octanol–water partition coefficient (Wildman–Crippen LogP) is 20.2. The average Bonchev–Trinajstić information content (AvgIpc) is 4.18. The molecule has 0 bridgehead atoms. The maximum Gasteiger partial charge on any atom is 0.136 e. The molecule has 16 rings (SSSR count). The van der Waals surface area contributed by atoms with Crippen LogP contribution in [0.25, 0.3) is 49.8 Å². The molecule has 5 aliphatic rings. The Bertz CT molecular complexity index is 4400. The summed E-state index contributed by atoms with van der Waals surface area (Å²) in [5, 5.41) is 2.20. The summed E-state index contributed by atoms with van der Waals surface area (Å²) in [4.78, 5) is 2.59. The lowest BCUT2D eigenvalue weighted by Gasteiger charge is -2.43. The lowest BCUT2D eigenvalue weighted by atomic mass is 9.62. The van der Waals surface area contributed by atoms with Crippen LogP contribution in [0.1, 0.15) is 104 Å². The molecule has 10 aromatic carbocycles. The Morgan fingerprint density at radius 3 is 1.71 bits per heavy atom. The first-order valence-corrected chi connectivity index (χ1v) is 28.3. The molecule has 1 atom stereocenters. The van der Waals surface area contributed by atoms with Gasteiger partial charge in [-0.05, 0) is 140 Å². The molecule has 2 aliphatic heterocycles. The number of anilines is 3. The smallest absolute Gasteiger partial charge is 0.136 e. The first kappa shape index (κ1) is 46.9. The largest absolute Gasteiger partial charge is 0.457 e. The number of furan rings is 1. The molecule has 0 saturated heterocycles. The number of hydrogen-bond acceptors (Lipinski definition) is 4. The normalized spacial score (nSPS) is 16.4.